The van der Waals surface area contributed by atoms with Crippen LogP contribution in [0.3, 0.4) is 0 Å². The van der Waals surface area contributed by atoms with Crippen molar-refractivity contribution in [1.82, 2.24) is 0 Å². The topological polar surface area (TPSA) is 84.1 Å². The van der Waals surface area contributed by atoms with Crippen LogP contribution in [-0.4, -0.2) is 17.5 Å². The van der Waals surface area contributed by atoms with Gasteiger partial charge in [0, 0.05) is 22.0 Å². The smallest absolute Gasteiger partial charge is 0.759 e. The van der Waals surface area contributed by atoms with Crippen molar-refractivity contribution in [3.8, 4) is 0 Å². The maximum Gasteiger partial charge on any atom is 1.00 e. The van der Waals surface area contributed by atoms with Crippen molar-refractivity contribution in [2.45, 2.75) is 20.4 Å². The zero-order valence-corrected chi connectivity index (χ0v) is 8.82. The molecule has 80 valence electrons. The Hall–Kier alpha value is -0.980. The van der Waals surface area contributed by atoms with Crippen molar-refractivity contribution < 1.29 is 23.5 Å². The summed E-state index contributed by atoms with van der Waals surface area (Å²) < 4.78 is 36.2. The Balaban J connectivity index is 0. The molecule has 0 saturated carbocycles. The first-order valence-corrected chi connectivity index (χ1v) is 5.28. The monoisotopic (exact) mass is 219 g/mol. The van der Waals surface area contributed by atoms with E-state index in [1.165, 1.54) is 5.56 Å². The van der Waals surface area contributed by atoms with Crippen LogP contribution in [0, 0.1) is 6.92 Å². The second-order valence-electron chi connectivity index (χ2n) is 2.62. The molecule has 0 radical (unpaired) electrons. The fourth-order valence-electron chi connectivity index (χ4n) is 0.850. The summed E-state index contributed by atoms with van der Waals surface area (Å²) in [6.07, 6.45) is 4.22. The average molecular weight is 219 g/mol. The first kappa shape index (κ1) is 13.0. The Morgan fingerprint density at radius 3 is 2.29 bits per heavy atom. The van der Waals surface area contributed by atoms with Crippen molar-refractivity contribution in [3.05, 3.63) is 30.1 Å². The molecule has 0 N–H and O–H groups in total. The van der Waals surface area contributed by atoms with Crippen LogP contribution in [0.2, 0.25) is 0 Å². The highest BCUT2D eigenvalue weighted by molar-refractivity contribution is 7.79. The largest absolute Gasteiger partial charge is 1.00 e. The molecule has 6 heteroatoms. The summed E-state index contributed by atoms with van der Waals surface area (Å²) in [7, 11) is -5.17. The molecule has 1 aromatic rings. The Labute approximate surface area is 85.1 Å². The lowest BCUT2D eigenvalue weighted by Crippen LogP contribution is -2.30. The predicted octanol–water partition coefficient (Wildman–Crippen LogP) is 0.0769. The van der Waals surface area contributed by atoms with E-state index in [1.807, 2.05) is 0 Å². The van der Waals surface area contributed by atoms with Crippen LogP contribution in [0.15, 0.2) is 24.5 Å². The number of aryl methyl sites for hydroxylation is 2. The number of hydrogen-bond donors (Lipinski definition) is 0. The molecule has 0 aliphatic heterocycles. The number of nitrogens with zero attached hydrogens (tertiary/aromatic N) is 1. The molecule has 0 amide bonds. The fourth-order valence-corrected chi connectivity index (χ4v) is 0.850. The van der Waals surface area contributed by atoms with E-state index in [9.17, 15) is 0 Å². The molecule has 0 aliphatic rings. The van der Waals surface area contributed by atoms with E-state index in [0.29, 0.717) is 0 Å². The minimum atomic E-state index is -5.17. The van der Waals surface area contributed by atoms with Gasteiger partial charge in [-0.2, -0.15) is 0 Å². The van der Waals surface area contributed by atoms with E-state index in [4.69, 9.17) is 17.5 Å². The molecule has 0 unspecified atom stereocenters. The second-order valence-corrected chi connectivity index (χ2v) is 3.44. The van der Waals surface area contributed by atoms with E-state index >= 15 is 0 Å². The second kappa shape index (κ2) is 5.69. The fraction of sp³-hybridized carbons (Fsp3) is 0.375. The molecule has 0 bridgehead atoms. The zero-order chi connectivity index (χ0) is 11.2. The number of aromatic nitrogens is 1. The molecule has 1 aromatic heterocycles. The van der Waals surface area contributed by atoms with Gasteiger partial charge in [0.2, 0.25) is 0 Å². The van der Waals surface area contributed by atoms with E-state index < -0.39 is 10.4 Å². The van der Waals surface area contributed by atoms with Gasteiger partial charge in [-0.1, -0.05) is 0 Å². The molecule has 0 saturated heterocycles. The summed E-state index contributed by atoms with van der Waals surface area (Å²) in [5.74, 6) is 0. The summed E-state index contributed by atoms with van der Waals surface area (Å²) in [4.78, 5) is 0. The van der Waals surface area contributed by atoms with Crippen LogP contribution in [0.4, 0.5) is 0 Å². The van der Waals surface area contributed by atoms with Gasteiger partial charge in [-0.25, -0.2) is 4.57 Å². The van der Waals surface area contributed by atoms with Gasteiger partial charge < -0.3 is 9.11 Å². The molecule has 0 aliphatic carbocycles. The minimum Gasteiger partial charge on any atom is -0.759 e. The highest BCUT2D eigenvalue weighted by Crippen LogP contribution is 1.88. The number of hydrogen-bond acceptors (Lipinski definition) is 4. The van der Waals surface area contributed by atoms with E-state index in [-0.39, 0.29) is 1.43 Å². The van der Waals surface area contributed by atoms with Crippen LogP contribution in [0.1, 0.15) is 13.9 Å². The molecule has 0 spiro atoms. The quantitative estimate of drug-likeness (QED) is 0.380. The minimum absolute atomic E-state index is 0. The van der Waals surface area contributed by atoms with Gasteiger partial charge in [0.25, 0.3) is 0 Å². The van der Waals surface area contributed by atoms with Crippen molar-refractivity contribution in [1.29, 1.82) is 0 Å². The summed E-state index contributed by atoms with van der Waals surface area (Å²) in [5.41, 5.74) is 1.32. The Bertz CT molecular complexity index is 372. The van der Waals surface area contributed by atoms with Gasteiger partial charge in [0.1, 0.15) is 6.54 Å². The summed E-state index contributed by atoms with van der Waals surface area (Å²) in [5, 5.41) is 0. The number of rotatable bonds is 1. The van der Waals surface area contributed by atoms with Gasteiger partial charge in [0.05, 0.1) is 0 Å². The summed E-state index contributed by atoms with van der Waals surface area (Å²) >= 11 is 0. The Morgan fingerprint density at radius 2 is 2.00 bits per heavy atom. The predicted molar refractivity (Wildman–Crippen MR) is 48.6 cm³/mol. The first-order chi connectivity index (χ1) is 6.33. The van der Waals surface area contributed by atoms with Gasteiger partial charge in [0.15, 0.2) is 12.4 Å². The van der Waals surface area contributed by atoms with Crippen molar-refractivity contribution in [2.24, 2.45) is 0 Å². The van der Waals surface area contributed by atoms with E-state index in [1.54, 1.807) is 0 Å². The molecule has 0 aromatic carbocycles. The van der Waals surface area contributed by atoms with Crippen LogP contribution in [0.25, 0.3) is 0 Å². The van der Waals surface area contributed by atoms with Crippen molar-refractivity contribution in [3.63, 3.8) is 0 Å². The average Bonchev–Trinajstić information content (AvgIpc) is 2.01. The normalized spacial score (nSPS) is 10.3. The molecular weight excluding hydrogens is 206 g/mol. The third-order valence-electron chi connectivity index (χ3n) is 1.37. The lowest BCUT2D eigenvalue weighted by Gasteiger charge is -2.06. The van der Waals surface area contributed by atoms with Crippen molar-refractivity contribution >= 4 is 10.4 Å². The van der Waals surface area contributed by atoms with E-state index in [0.717, 1.165) is 6.54 Å². The third kappa shape index (κ3) is 9.11. The highest BCUT2D eigenvalue weighted by atomic mass is 32.3. The van der Waals surface area contributed by atoms with Crippen LogP contribution in [0.5, 0.6) is 0 Å². The van der Waals surface area contributed by atoms with E-state index in [2.05, 4.69) is 42.9 Å². The van der Waals surface area contributed by atoms with Crippen LogP contribution in [-0.2, 0) is 16.9 Å². The van der Waals surface area contributed by atoms with Crippen LogP contribution >= 0.6 is 0 Å². The van der Waals surface area contributed by atoms with Crippen molar-refractivity contribution in [2.75, 3.05) is 0 Å². The third-order valence-corrected chi connectivity index (χ3v) is 1.37. The highest BCUT2D eigenvalue weighted by Gasteiger charge is 1.92. The summed E-state index contributed by atoms with van der Waals surface area (Å²) in [6, 6.07) is 4.17. The standard InChI is InChI=1S/C8H12N.H2O4S/c1-3-9-6-4-5-8(2)7-9;1-5(2,3)4/h4-7H,3H2,1-2H3;(H2,1,2,3,4)/q+1;/p-1. The van der Waals surface area contributed by atoms with Gasteiger partial charge >= 0.3 is 1.43 Å². The Morgan fingerprint density at radius 1 is 1.50 bits per heavy atom. The lowest BCUT2D eigenvalue weighted by molar-refractivity contribution is -0.693. The number of pyridine rings is 1. The van der Waals surface area contributed by atoms with Gasteiger partial charge in [-0.05, 0) is 19.9 Å². The summed E-state index contributed by atoms with van der Waals surface area (Å²) in [6.45, 7) is 5.30. The Kier molecular flexibility index (Phi) is 5.29. The lowest BCUT2D eigenvalue weighted by atomic mass is 10.3. The molecule has 5 nitrogen and oxygen atoms in total. The van der Waals surface area contributed by atoms with Crippen LogP contribution < -0.4 is 4.57 Å². The molecule has 0 fully saturated rings. The maximum atomic E-state index is 8.52. The van der Waals surface area contributed by atoms with Gasteiger partial charge in [-0.15, -0.1) is 0 Å². The maximum absolute atomic E-state index is 8.52. The van der Waals surface area contributed by atoms with Gasteiger partial charge in [-0.3, -0.25) is 8.42 Å². The molecule has 14 heavy (non-hydrogen) atoms. The zero-order valence-electron chi connectivity index (χ0n) is 9.00. The molecule has 0 atom stereocenters. The molecule has 1 rings (SSSR count). The first-order valence-electron chi connectivity index (χ1n) is 3.95. The molecule has 1 heterocycles. The SMILES string of the molecule is CC[n+]1cccc(C)c1.O=S(=O)([O-])[O-].[H+]. The molecular formula is C8H13NO4S.